The van der Waals surface area contributed by atoms with Gasteiger partial charge in [0.2, 0.25) is 0 Å². The highest BCUT2D eigenvalue weighted by Gasteiger charge is 2.05. The van der Waals surface area contributed by atoms with E-state index in [0.717, 1.165) is 43.9 Å². The minimum atomic E-state index is 0.960. The van der Waals surface area contributed by atoms with Gasteiger partial charge in [-0.15, -0.1) is 0 Å². The Bertz CT molecular complexity index is 519. The maximum atomic E-state index is 4.34. The molecular formula is C14H21IN4. The lowest BCUT2D eigenvalue weighted by Gasteiger charge is -2.17. The summed E-state index contributed by atoms with van der Waals surface area (Å²) < 4.78 is 1.23. The maximum absolute atomic E-state index is 4.34. The van der Waals surface area contributed by atoms with Crippen LogP contribution in [0.1, 0.15) is 20.3 Å². The molecule has 0 aliphatic heterocycles. The lowest BCUT2D eigenvalue weighted by molar-refractivity contribution is 0.303. The first-order valence-electron chi connectivity index (χ1n) is 6.84. The van der Waals surface area contributed by atoms with E-state index in [4.69, 9.17) is 0 Å². The molecule has 1 aromatic heterocycles. The Labute approximate surface area is 128 Å². The lowest BCUT2D eigenvalue weighted by Crippen LogP contribution is -2.25. The summed E-state index contributed by atoms with van der Waals surface area (Å²) in [5.41, 5.74) is 1.09. The van der Waals surface area contributed by atoms with E-state index in [0.29, 0.717) is 0 Å². The van der Waals surface area contributed by atoms with E-state index in [1.807, 2.05) is 0 Å². The van der Waals surface area contributed by atoms with Gasteiger partial charge in [0.1, 0.15) is 0 Å². The van der Waals surface area contributed by atoms with Gasteiger partial charge in [0, 0.05) is 15.5 Å². The Morgan fingerprint density at radius 3 is 2.84 bits per heavy atom. The van der Waals surface area contributed by atoms with E-state index in [-0.39, 0.29) is 0 Å². The van der Waals surface area contributed by atoms with Crippen molar-refractivity contribution in [3.63, 3.8) is 0 Å². The van der Waals surface area contributed by atoms with Crippen LogP contribution >= 0.6 is 22.6 Å². The summed E-state index contributed by atoms with van der Waals surface area (Å²) in [6, 6.07) is 6.32. The average Bonchev–Trinajstić information content (AvgIpc) is 2.81. The zero-order valence-corrected chi connectivity index (χ0v) is 13.7. The molecule has 0 saturated heterocycles. The Kier molecular flexibility index (Phi) is 5.45. The van der Waals surface area contributed by atoms with Crippen LogP contribution in [0.4, 0.5) is 5.82 Å². The van der Waals surface area contributed by atoms with Crippen molar-refractivity contribution in [3.8, 4) is 0 Å². The van der Waals surface area contributed by atoms with Crippen molar-refractivity contribution < 1.29 is 0 Å². The molecule has 1 aromatic carbocycles. The molecule has 2 rings (SSSR count). The summed E-state index contributed by atoms with van der Waals surface area (Å²) in [5.74, 6) is 0.966. The molecule has 0 atom stereocenters. The molecule has 19 heavy (non-hydrogen) atoms. The van der Waals surface area contributed by atoms with E-state index < -0.39 is 0 Å². The number of nitrogens with zero attached hydrogens (tertiary/aromatic N) is 2. The quantitative estimate of drug-likeness (QED) is 0.579. The largest absolute Gasteiger partial charge is 0.368 e. The Morgan fingerprint density at radius 2 is 2.11 bits per heavy atom. The van der Waals surface area contributed by atoms with Crippen molar-refractivity contribution in [1.82, 2.24) is 15.1 Å². The molecule has 0 saturated carbocycles. The number of rotatable bonds is 7. The Balaban J connectivity index is 1.89. The van der Waals surface area contributed by atoms with Gasteiger partial charge in [-0.25, -0.2) is 0 Å². The van der Waals surface area contributed by atoms with E-state index in [1.165, 1.54) is 8.96 Å². The fourth-order valence-electron chi connectivity index (χ4n) is 2.17. The molecule has 0 radical (unpaired) electrons. The number of H-pyrrole nitrogens is 1. The normalized spacial score (nSPS) is 11.4. The Hall–Kier alpha value is -0.820. The standard InChI is InChI=1S/C14H21IN4/c1-3-19(4-2)9-5-8-16-14-12-10-11(15)6-7-13(12)17-18-14/h6-7,10H,3-5,8-9H2,1-2H3,(H2,16,17,18). The first kappa shape index (κ1) is 14.6. The van der Waals surface area contributed by atoms with Gasteiger partial charge in [0.05, 0.1) is 5.52 Å². The van der Waals surface area contributed by atoms with Crippen LogP contribution in [0.3, 0.4) is 0 Å². The van der Waals surface area contributed by atoms with Crippen molar-refractivity contribution in [1.29, 1.82) is 0 Å². The number of hydrogen-bond donors (Lipinski definition) is 2. The van der Waals surface area contributed by atoms with Crippen LogP contribution in [0.25, 0.3) is 10.9 Å². The van der Waals surface area contributed by atoms with E-state index in [2.05, 4.69) is 75.1 Å². The second kappa shape index (κ2) is 7.09. The fraction of sp³-hybridized carbons (Fsp3) is 0.500. The van der Waals surface area contributed by atoms with Gasteiger partial charge < -0.3 is 10.2 Å². The van der Waals surface area contributed by atoms with Crippen LogP contribution in [0, 0.1) is 3.57 Å². The lowest BCUT2D eigenvalue weighted by atomic mass is 10.2. The number of fused-ring (bicyclic) bond motifs is 1. The molecule has 0 fully saturated rings. The number of hydrogen-bond acceptors (Lipinski definition) is 3. The zero-order valence-electron chi connectivity index (χ0n) is 11.5. The first-order chi connectivity index (χ1) is 9.24. The molecule has 2 aromatic rings. The minimum Gasteiger partial charge on any atom is -0.368 e. The predicted octanol–water partition coefficient (Wildman–Crippen LogP) is 3.31. The van der Waals surface area contributed by atoms with Crippen LogP contribution < -0.4 is 5.32 Å². The summed E-state index contributed by atoms with van der Waals surface area (Å²) in [7, 11) is 0. The van der Waals surface area contributed by atoms with Crippen molar-refractivity contribution in [2.45, 2.75) is 20.3 Å². The number of benzene rings is 1. The zero-order chi connectivity index (χ0) is 13.7. The van der Waals surface area contributed by atoms with E-state index >= 15 is 0 Å². The van der Waals surface area contributed by atoms with Gasteiger partial charge in [-0.1, -0.05) is 13.8 Å². The molecule has 0 aliphatic carbocycles. The molecule has 0 bridgehead atoms. The molecule has 4 nitrogen and oxygen atoms in total. The second-order valence-corrected chi connectivity index (χ2v) is 5.81. The molecule has 1 heterocycles. The molecule has 0 aliphatic rings. The summed E-state index contributed by atoms with van der Waals surface area (Å²) >= 11 is 2.33. The highest BCUT2D eigenvalue weighted by Crippen LogP contribution is 2.22. The van der Waals surface area contributed by atoms with Crippen molar-refractivity contribution in [2.75, 3.05) is 31.5 Å². The Morgan fingerprint density at radius 1 is 1.32 bits per heavy atom. The monoisotopic (exact) mass is 372 g/mol. The summed E-state index contributed by atoms with van der Waals surface area (Å²) in [6.07, 6.45) is 1.14. The number of aromatic amines is 1. The topological polar surface area (TPSA) is 44.0 Å². The van der Waals surface area contributed by atoms with Gasteiger partial charge >= 0.3 is 0 Å². The highest BCUT2D eigenvalue weighted by molar-refractivity contribution is 14.1. The van der Waals surface area contributed by atoms with Gasteiger partial charge in [0.25, 0.3) is 0 Å². The van der Waals surface area contributed by atoms with Gasteiger partial charge in [-0.2, -0.15) is 5.10 Å². The summed E-state index contributed by atoms with van der Waals surface area (Å²) in [5, 5.41) is 12.0. The van der Waals surface area contributed by atoms with Crippen molar-refractivity contribution in [2.24, 2.45) is 0 Å². The maximum Gasteiger partial charge on any atom is 0.155 e. The van der Waals surface area contributed by atoms with Crippen LogP contribution in [0.5, 0.6) is 0 Å². The smallest absolute Gasteiger partial charge is 0.155 e. The SMILES string of the molecule is CCN(CC)CCCNc1n[nH]c2ccc(I)cc12. The molecule has 0 unspecified atom stereocenters. The van der Waals surface area contributed by atoms with Gasteiger partial charge in [-0.05, 0) is 66.8 Å². The van der Waals surface area contributed by atoms with Crippen LogP contribution in [-0.2, 0) is 0 Å². The van der Waals surface area contributed by atoms with E-state index in [1.54, 1.807) is 0 Å². The van der Waals surface area contributed by atoms with Crippen LogP contribution in [0.2, 0.25) is 0 Å². The average molecular weight is 372 g/mol. The molecular weight excluding hydrogens is 351 g/mol. The molecule has 5 heteroatoms. The van der Waals surface area contributed by atoms with E-state index in [9.17, 15) is 0 Å². The third kappa shape index (κ3) is 3.82. The fourth-order valence-corrected chi connectivity index (χ4v) is 2.66. The highest BCUT2D eigenvalue weighted by atomic mass is 127. The molecule has 0 amide bonds. The van der Waals surface area contributed by atoms with Gasteiger partial charge in [0.15, 0.2) is 5.82 Å². The number of halogens is 1. The van der Waals surface area contributed by atoms with Crippen molar-refractivity contribution >= 4 is 39.3 Å². The first-order valence-corrected chi connectivity index (χ1v) is 7.92. The molecule has 0 spiro atoms. The third-order valence-electron chi connectivity index (χ3n) is 3.36. The second-order valence-electron chi connectivity index (χ2n) is 4.57. The third-order valence-corrected chi connectivity index (χ3v) is 4.03. The van der Waals surface area contributed by atoms with Crippen LogP contribution in [0.15, 0.2) is 18.2 Å². The number of anilines is 1. The number of aromatic nitrogens is 2. The number of nitrogens with one attached hydrogen (secondary N) is 2. The van der Waals surface area contributed by atoms with Gasteiger partial charge in [-0.3, -0.25) is 5.10 Å². The van der Waals surface area contributed by atoms with Crippen molar-refractivity contribution in [3.05, 3.63) is 21.8 Å². The minimum absolute atomic E-state index is 0.960. The molecule has 2 N–H and O–H groups in total. The van der Waals surface area contributed by atoms with Crippen LogP contribution in [-0.4, -0.2) is 41.3 Å². The predicted molar refractivity (Wildman–Crippen MR) is 89.7 cm³/mol. The summed E-state index contributed by atoms with van der Waals surface area (Å²) in [6.45, 7) is 8.77. The summed E-state index contributed by atoms with van der Waals surface area (Å²) in [4.78, 5) is 2.44. The molecule has 104 valence electrons.